The van der Waals surface area contributed by atoms with Gasteiger partial charge in [-0.2, -0.15) is 0 Å². The van der Waals surface area contributed by atoms with E-state index in [4.69, 9.17) is 4.74 Å². The van der Waals surface area contributed by atoms with E-state index in [0.717, 1.165) is 39.0 Å². The molecule has 0 aromatic rings. The molecular formula is C14H24N2O2. The highest BCUT2D eigenvalue weighted by Crippen LogP contribution is 2.16. The van der Waals surface area contributed by atoms with E-state index in [1.54, 1.807) is 0 Å². The van der Waals surface area contributed by atoms with E-state index in [1.165, 1.54) is 12.8 Å². The number of amides is 1. The Labute approximate surface area is 109 Å². The summed E-state index contributed by atoms with van der Waals surface area (Å²) in [5.41, 5.74) is 0. The van der Waals surface area contributed by atoms with Crippen LogP contribution in [0.5, 0.6) is 0 Å². The lowest BCUT2D eigenvalue weighted by atomic mass is 9.94. The van der Waals surface area contributed by atoms with E-state index in [1.807, 2.05) is 0 Å². The predicted octanol–water partition coefficient (Wildman–Crippen LogP) is 1.23. The zero-order chi connectivity index (χ0) is 12.6. The molecular weight excluding hydrogens is 228 g/mol. The van der Waals surface area contributed by atoms with Gasteiger partial charge < -0.3 is 15.4 Å². The minimum atomic E-state index is 0.119. The molecule has 1 heterocycles. The van der Waals surface area contributed by atoms with Gasteiger partial charge in [0.2, 0.25) is 5.91 Å². The summed E-state index contributed by atoms with van der Waals surface area (Å²) in [5, 5.41) is 6.33. The molecule has 0 spiro atoms. The Bertz CT molecular complexity index is 286. The molecule has 0 bridgehead atoms. The number of hydrogen-bond donors (Lipinski definition) is 2. The van der Waals surface area contributed by atoms with Crippen molar-refractivity contribution in [2.24, 2.45) is 5.92 Å². The van der Waals surface area contributed by atoms with E-state index in [-0.39, 0.29) is 5.91 Å². The maximum atomic E-state index is 11.7. The fraction of sp³-hybridized carbons (Fsp3) is 0.786. The van der Waals surface area contributed by atoms with Crippen LogP contribution in [0.1, 0.15) is 32.1 Å². The fourth-order valence-corrected chi connectivity index (χ4v) is 2.55. The van der Waals surface area contributed by atoms with Gasteiger partial charge in [0.25, 0.3) is 0 Å². The summed E-state index contributed by atoms with van der Waals surface area (Å²) in [6.07, 6.45) is 9.95. The van der Waals surface area contributed by atoms with Crippen LogP contribution in [-0.2, 0) is 9.53 Å². The van der Waals surface area contributed by atoms with E-state index in [0.29, 0.717) is 18.5 Å². The van der Waals surface area contributed by atoms with Crippen LogP contribution in [0, 0.1) is 5.92 Å². The average Bonchev–Trinajstić information content (AvgIpc) is 2.41. The predicted molar refractivity (Wildman–Crippen MR) is 71.3 cm³/mol. The van der Waals surface area contributed by atoms with Crippen LogP contribution in [0.15, 0.2) is 12.2 Å². The van der Waals surface area contributed by atoms with Gasteiger partial charge >= 0.3 is 0 Å². The first-order valence-corrected chi connectivity index (χ1v) is 7.07. The van der Waals surface area contributed by atoms with Crippen molar-refractivity contribution in [3.05, 3.63) is 12.2 Å². The Morgan fingerprint density at radius 1 is 1.22 bits per heavy atom. The molecule has 0 saturated carbocycles. The zero-order valence-electron chi connectivity index (χ0n) is 11.0. The third-order valence-electron chi connectivity index (χ3n) is 3.68. The lowest BCUT2D eigenvalue weighted by molar-refractivity contribution is -0.121. The third kappa shape index (κ3) is 4.78. The molecule has 2 rings (SSSR count). The highest BCUT2D eigenvalue weighted by atomic mass is 16.5. The van der Waals surface area contributed by atoms with Crippen LogP contribution in [0.3, 0.4) is 0 Å². The molecule has 2 aliphatic rings. The van der Waals surface area contributed by atoms with Crippen LogP contribution in [0.25, 0.3) is 0 Å². The minimum Gasteiger partial charge on any atom is -0.381 e. The Kier molecular flexibility index (Phi) is 5.68. The van der Waals surface area contributed by atoms with Gasteiger partial charge in [0.15, 0.2) is 0 Å². The van der Waals surface area contributed by atoms with Crippen molar-refractivity contribution in [1.29, 1.82) is 0 Å². The van der Waals surface area contributed by atoms with Gasteiger partial charge in [0.05, 0.1) is 6.54 Å². The summed E-state index contributed by atoms with van der Waals surface area (Å²) in [7, 11) is 0. The average molecular weight is 252 g/mol. The Morgan fingerprint density at radius 3 is 2.78 bits per heavy atom. The first kappa shape index (κ1) is 13.6. The molecule has 1 aliphatic heterocycles. The first-order chi connectivity index (χ1) is 8.84. The van der Waals surface area contributed by atoms with Crippen molar-refractivity contribution in [3.8, 4) is 0 Å². The van der Waals surface area contributed by atoms with Gasteiger partial charge in [-0.05, 0) is 44.6 Å². The largest absolute Gasteiger partial charge is 0.381 e. The van der Waals surface area contributed by atoms with Crippen LogP contribution in [0.4, 0.5) is 0 Å². The number of carbonyl (C=O) groups is 1. The SMILES string of the molecule is O=C(CNCC1CC=CCC1)NC1CCOCC1. The van der Waals surface area contributed by atoms with Crippen LogP contribution < -0.4 is 10.6 Å². The number of ether oxygens (including phenoxy) is 1. The maximum absolute atomic E-state index is 11.7. The van der Waals surface area contributed by atoms with Crippen molar-refractivity contribution < 1.29 is 9.53 Å². The van der Waals surface area contributed by atoms with Crippen molar-refractivity contribution in [2.75, 3.05) is 26.3 Å². The van der Waals surface area contributed by atoms with Gasteiger partial charge in [0, 0.05) is 19.3 Å². The first-order valence-electron chi connectivity index (χ1n) is 7.07. The Hall–Kier alpha value is -0.870. The fourth-order valence-electron chi connectivity index (χ4n) is 2.55. The highest BCUT2D eigenvalue weighted by molar-refractivity contribution is 5.78. The van der Waals surface area contributed by atoms with Crippen molar-refractivity contribution in [1.82, 2.24) is 10.6 Å². The van der Waals surface area contributed by atoms with Crippen molar-refractivity contribution in [3.63, 3.8) is 0 Å². The lowest BCUT2D eigenvalue weighted by Crippen LogP contribution is -2.43. The molecule has 1 fully saturated rings. The molecule has 1 atom stereocenters. The van der Waals surface area contributed by atoms with E-state index < -0.39 is 0 Å². The van der Waals surface area contributed by atoms with Gasteiger partial charge in [-0.1, -0.05) is 12.2 Å². The normalized spacial score (nSPS) is 25.0. The molecule has 0 aromatic heterocycles. The number of carbonyl (C=O) groups excluding carboxylic acids is 1. The van der Waals surface area contributed by atoms with Gasteiger partial charge in [-0.3, -0.25) is 4.79 Å². The van der Waals surface area contributed by atoms with E-state index in [9.17, 15) is 4.79 Å². The standard InChI is InChI=1S/C14H24N2O2/c17-14(16-13-6-8-18-9-7-13)11-15-10-12-4-2-1-3-5-12/h1-2,12-13,15H,3-11H2,(H,16,17). The topological polar surface area (TPSA) is 50.4 Å². The van der Waals surface area contributed by atoms with Gasteiger partial charge in [0.1, 0.15) is 0 Å². The molecule has 0 radical (unpaired) electrons. The molecule has 1 unspecified atom stereocenters. The molecule has 102 valence electrons. The van der Waals surface area contributed by atoms with E-state index >= 15 is 0 Å². The van der Waals surface area contributed by atoms with Crippen LogP contribution in [-0.4, -0.2) is 38.3 Å². The highest BCUT2D eigenvalue weighted by Gasteiger charge is 2.16. The molecule has 0 aromatic carbocycles. The van der Waals surface area contributed by atoms with Crippen molar-refractivity contribution >= 4 is 5.91 Å². The van der Waals surface area contributed by atoms with Gasteiger partial charge in [-0.25, -0.2) is 0 Å². The molecule has 1 amide bonds. The van der Waals surface area contributed by atoms with Gasteiger partial charge in [-0.15, -0.1) is 0 Å². The quantitative estimate of drug-likeness (QED) is 0.724. The molecule has 4 nitrogen and oxygen atoms in total. The second-order valence-electron chi connectivity index (χ2n) is 5.24. The second kappa shape index (κ2) is 7.54. The molecule has 1 aliphatic carbocycles. The van der Waals surface area contributed by atoms with E-state index in [2.05, 4.69) is 22.8 Å². The molecule has 2 N–H and O–H groups in total. The summed E-state index contributed by atoms with van der Waals surface area (Å²) in [6, 6.07) is 0.311. The summed E-state index contributed by atoms with van der Waals surface area (Å²) in [5.74, 6) is 0.819. The number of allylic oxidation sites excluding steroid dienone is 2. The van der Waals surface area contributed by atoms with Crippen LogP contribution in [0.2, 0.25) is 0 Å². The summed E-state index contributed by atoms with van der Waals surface area (Å²) in [6.45, 7) is 2.93. The molecule has 4 heteroatoms. The van der Waals surface area contributed by atoms with Crippen molar-refractivity contribution in [2.45, 2.75) is 38.1 Å². The minimum absolute atomic E-state index is 0.119. The number of rotatable bonds is 5. The summed E-state index contributed by atoms with van der Waals surface area (Å²) in [4.78, 5) is 11.7. The smallest absolute Gasteiger partial charge is 0.234 e. The third-order valence-corrected chi connectivity index (χ3v) is 3.68. The number of nitrogens with one attached hydrogen (secondary N) is 2. The number of hydrogen-bond acceptors (Lipinski definition) is 3. The molecule has 18 heavy (non-hydrogen) atoms. The monoisotopic (exact) mass is 252 g/mol. The Balaban J connectivity index is 1.55. The zero-order valence-corrected chi connectivity index (χ0v) is 11.0. The lowest BCUT2D eigenvalue weighted by Gasteiger charge is -2.23. The van der Waals surface area contributed by atoms with Crippen LogP contribution >= 0.6 is 0 Å². The molecule has 1 saturated heterocycles. The summed E-state index contributed by atoms with van der Waals surface area (Å²) >= 11 is 0. The Morgan fingerprint density at radius 2 is 2.06 bits per heavy atom. The maximum Gasteiger partial charge on any atom is 0.234 e. The second-order valence-corrected chi connectivity index (χ2v) is 5.24. The summed E-state index contributed by atoms with van der Waals surface area (Å²) < 4.78 is 5.27.